The quantitative estimate of drug-likeness (QED) is 0.653. The summed E-state index contributed by atoms with van der Waals surface area (Å²) in [6, 6.07) is 12.6. The minimum Gasteiger partial charge on any atom is -0.337 e. The number of aromatic nitrogens is 4. The van der Waals surface area contributed by atoms with Crippen molar-refractivity contribution in [1.29, 1.82) is 0 Å². The van der Waals surface area contributed by atoms with Crippen molar-refractivity contribution in [2.45, 2.75) is 25.3 Å². The largest absolute Gasteiger partial charge is 0.337 e. The Bertz CT molecular complexity index is 1100. The van der Waals surface area contributed by atoms with Crippen LogP contribution in [0.15, 0.2) is 53.5 Å². The number of hydrogen-bond donors (Lipinski definition) is 2. The Kier molecular flexibility index (Phi) is 5.92. The maximum atomic E-state index is 13.0. The zero-order valence-corrected chi connectivity index (χ0v) is 17.2. The second-order valence-corrected chi connectivity index (χ2v) is 7.72. The van der Waals surface area contributed by atoms with Crippen LogP contribution in [0.4, 0.5) is 0 Å². The van der Waals surface area contributed by atoms with Gasteiger partial charge in [0, 0.05) is 38.7 Å². The van der Waals surface area contributed by atoms with Gasteiger partial charge in [0.15, 0.2) is 0 Å². The molecule has 0 atom stereocenters. The molecule has 0 spiro atoms. The number of hydrogen-bond acceptors (Lipinski definition) is 5. The molecule has 4 rings (SSSR count). The maximum Gasteiger partial charge on any atom is 0.274 e. The average molecular weight is 420 g/mol. The molecule has 2 aromatic heterocycles. The molecule has 2 amide bonds. The molecule has 1 aliphatic heterocycles. The summed E-state index contributed by atoms with van der Waals surface area (Å²) in [7, 11) is 1.78. The SMILES string of the molecule is CN(Cc1ccccc1)C(=O)c1cn[nH]c1C1CCN(C(=O)c2ccc(=O)[nH]n2)CC1. The molecule has 0 radical (unpaired) electrons. The number of nitrogens with zero attached hydrogens (tertiary/aromatic N) is 4. The van der Waals surface area contributed by atoms with Crippen molar-refractivity contribution < 1.29 is 9.59 Å². The number of piperidine rings is 1. The predicted octanol–water partition coefficient (Wildman–Crippen LogP) is 1.78. The van der Waals surface area contributed by atoms with E-state index in [1.54, 1.807) is 23.0 Å². The van der Waals surface area contributed by atoms with Crippen molar-refractivity contribution in [2.24, 2.45) is 0 Å². The van der Waals surface area contributed by atoms with Gasteiger partial charge >= 0.3 is 0 Å². The summed E-state index contributed by atoms with van der Waals surface area (Å²) < 4.78 is 0. The first-order valence-corrected chi connectivity index (χ1v) is 10.2. The highest BCUT2D eigenvalue weighted by Crippen LogP contribution is 2.30. The standard InChI is InChI=1S/C22H24N6O3/c1-27(14-15-5-3-2-4-6-15)21(30)17-13-23-26-20(17)16-9-11-28(12-10-16)22(31)18-7-8-19(29)25-24-18/h2-8,13,16H,9-12,14H2,1H3,(H,23,26)(H,25,29). The van der Waals surface area contributed by atoms with Gasteiger partial charge in [0.25, 0.3) is 17.4 Å². The molecule has 0 bridgehead atoms. The first-order valence-electron chi connectivity index (χ1n) is 10.2. The molecule has 2 N–H and O–H groups in total. The van der Waals surface area contributed by atoms with E-state index in [-0.39, 0.29) is 29.0 Å². The number of rotatable bonds is 5. The summed E-state index contributed by atoms with van der Waals surface area (Å²) in [5.74, 6) is -0.180. The summed E-state index contributed by atoms with van der Waals surface area (Å²) in [6.45, 7) is 1.59. The number of benzene rings is 1. The van der Waals surface area contributed by atoms with E-state index in [0.29, 0.717) is 38.0 Å². The molecule has 0 saturated carbocycles. The van der Waals surface area contributed by atoms with Gasteiger partial charge in [-0.05, 0) is 24.5 Å². The number of likely N-dealkylation sites (tertiary alicyclic amines) is 1. The van der Waals surface area contributed by atoms with Crippen LogP contribution >= 0.6 is 0 Å². The molecule has 1 aliphatic rings. The normalized spacial score (nSPS) is 14.4. The Morgan fingerprint density at radius 1 is 1.10 bits per heavy atom. The van der Waals surface area contributed by atoms with Gasteiger partial charge in [-0.1, -0.05) is 30.3 Å². The van der Waals surface area contributed by atoms with E-state index >= 15 is 0 Å². The molecule has 3 aromatic rings. The molecule has 31 heavy (non-hydrogen) atoms. The van der Waals surface area contributed by atoms with Gasteiger partial charge in [-0.25, -0.2) is 5.10 Å². The third-order valence-corrected chi connectivity index (χ3v) is 5.60. The zero-order chi connectivity index (χ0) is 21.8. The summed E-state index contributed by atoms with van der Waals surface area (Å²) in [4.78, 5) is 40.2. The van der Waals surface area contributed by atoms with Crippen LogP contribution in [0.5, 0.6) is 0 Å². The predicted molar refractivity (Wildman–Crippen MR) is 114 cm³/mol. The monoisotopic (exact) mass is 420 g/mol. The number of nitrogens with one attached hydrogen (secondary N) is 2. The molecule has 0 unspecified atom stereocenters. The van der Waals surface area contributed by atoms with Crippen molar-refractivity contribution in [3.05, 3.63) is 81.5 Å². The smallest absolute Gasteiger partial charge is 0.274 e. The molecule has 1 fully saturated rings. The van der Waals surface area contributed by atoms with Crippen molar-refractivity contribution in [3.8, 4) is 0 Å². The van der Waals surface area contributed by atoms with Gasteiger partial charge in [0.2, 0.25) is 0 Å². The molecule has 160 valence electrons. The van der Waals surface area contributed by atoms with Crippen molar-refractivity contribution >= 4 is 11.8 Å². The number of aromatic amines is 2. The molecule has 3 heterocycles. The molecule has 1 saturated heterocycles. The van der Waals surface area contributed by atoms with E-state index in [2.05, 4.69) is 20.4 Å². The number of carbonyl (C=O) groups excluding carboxylic acids is 2. The summed E-state index contributed by atoms with van der Waals surface area (Å²) in [6.07, 6.45) is 3.00. The fourth-order valence-corrected chi connectivity index (χ4v) is 3.91. The number of H-pyrrole nitrogens is 2. The van der Waals surface area contributed by atoms with Crippen molar-refractivity contribution in [2.75, 3.05) is 20.1 Å². The van der Waals surface area contributed by atoms with Crippen LogP contribution in [0.2, 0.25) is 0 Å². The minimum absolute atomic E-state index is 0.0800. The van der Waals surface area contributed by atoms with Crippen molar-refractivity contribution in [3.63, 3.8) is 0 Å². The second kappa shape index (κ2) is 8.95. The topological polar surface area (TPSA) is 115 Å². The highest BCUT2D eigenvalue weighted by molar-refractivity contribution is 5.95. The van der Waals surface area contributed by atoms with E-state index in [1.165, 1.54) is 12.1 Å². The van der Waals surface area contributed by atoms with Gasteiger partial charge in [-0.15, -0.1) is 0 Å². The molecule has 0 aliphatic carbocycles. The first-order chi connectivity index (χ1) is 15.0. The highest BCUT2D eigenvalue weighted by atomic mass is 16.2. The lowest BCUT2D eigenvalue weighted by Crippen LogP contribution is -2.39. The Balaban J connectivity index is 1.40. The minimum atomic E-state index is -0.344. The van der Waals surface area contributed by atoms with E-state index in [9.17, 15) is 14.4 Å². The maximum absolute atomic E-state index is 13.0. The van der Waals surface area contributed by atoms with Crippen LogP contribution in [0, 0.1) is 0 Å². The van der Waals surface area contributed by atoms with E-state index < -0.39 is 0 Å². The van der Waals surface area contributed by atoms with Crippen molar-refractivity contribution in [1.82, 2.24) is 30.2 Å². The Morgan fingerprint density at radius 3 is 2.52 bits per heavy atom. The van der Waals surface area contributed by atoms with Crippen LogP contribution < -0.4 is 5.56 Å². The highest BCUT2D eigenvalue weighted by Gasteiger charge is 2.29. The number of carbonyl (C=O) groups is 2. The van der Waals surface area contributed by atoms with Crippen LogP contribution in [0.3, 0.4) is 0 Å². The van der Waals surface area contributed by atoms with Crippen LogP contribution in [0.1, 0.15) is 50.9 Å². The fraction of sp³-hybridized carbons (Fsp3) is 0.318. The Labute approximate surface area is 179 Å². The van der Waals surface area contributed by atoms with Gasteiger partial charge < -0.3 is 9.80 Å². The molecule has 9 nitrogen and oxygen atoms in total. The Hall–Kier alpha value is -3.75. The van der Waals surface area contributed by atoms with Gasteiger partial charge in [-0.3, -0.25) is 19.5 Å². The summed E-state index contributed by atoms with van der Waals surface area (Å²) in [5, 5.41) is 13.2. The first kappa shape index (κ1) is 20.5. The van der Waals surface area contributed by atoms with Crippen LogP contribution in [-0.2, 0) is 6.54 Å². The summed E-state index contributed by atoms with van der Waals surface area (Å²) in [5.41, 5.74) is 2.33. The Morgan fingerprint density at radius 2 is 1.84 bits per heavy atom. The van der Waals surface area contributed by atoms with E-state index in [1.807, 2.05) is 30.3 Å². The molecular weight excluding hydrogens is 396 g/mol. The number of amides is 2. The van der Waals surface area contributed by atoms with E-state index in [0.717, 1.165) is 11.3 Å². The van der Waals surface area contributed by atoms with Gasteiger partial charge in [0.05, 0.1) is 17.5 Å². The van der Waals surface area contributed by atoms with Crippen LogP contribution in [-0.4, -0.2) is 62.1 Å². The third kappa shape index (κ3) is 4.55. The zero-order valence-electron chi connectivity index (χ0n) is 17.2. The van der Waals surface area contributed by atoms with E-state index in [4.69, 9.17) is 0 Å². The molecule has 1 aromatic carbocycles. The summed E-state index contributed by atoms with van der Waals surface area (Å²) >= 11 is 0. The fourth-order valence-electron chi connectivity index (χ4n) is 3.91. The molecular formula is C22H24N6O3. The lowest BCUT2D eigenvalue weighted by atomic mass is 9.91. The van der Waals surface area contributed by atoms with Crippen LogP contribution in [0.25, 0.3) is 0 Å². The lowest BCUT2D eigenvalue weighted by molar-refractivity contribution is 0.0700. The third-order valence-electron chi connectivity index (χ3n) is 5.60. The molecule has 9 heteroatoms. The average Bonchev–Trinajstić information content (AvgIpc) is 3.29. The van der Waals surface area contributed by atoms with Gasteiger partial charge in [0.1, 0.15) is 5.69 Å². The lowest BCUT2D eigenvalue weighted by Gasteiger charge is -2.31. The second-order valence-electron chi connectivity index (χ2n) is 7.72. The van der Waals surface area contributed by atoms with Gasteiger partial charge in [-0.2, -0.15) is 10.2 Å².